The van der Waals surface area contributed by atoms with Gasteiger partial charge in [0.15, 0.2) is 0 Å². The minimum atomic E-state index is -0.399. The van der Waals surface area contributed by atoms with Crippen molar-refractivity contribution in [3.8, 4) is 0 Å². The van der Waals surface area contributed by atoms with Gasteiger partial charge in [-0.3, -0.25) is 4.79 Å². The summed E-state index contributed by atoms with van der Waals surface area (Å²) in [5.41, 5.74) is 7.24. The summed E-state index contributed by atoms with van der Waals surface area (Å²) in [6.07, 6.45) is 6.72. The molecule has 2 rings (SSSR count). The van der Waals surface area contributed by atoms with E-state index in [2.05, 4.69) is 24.4 Å². The number of carbonyl (C=O) groups excluding carboxylic acids is 1. The summed E-state index contributed by atoms with van der Waals surface area (Å²) in [6, 6.07) is 9.80. The topological polar surface area (TPSA) is 55.1 Å². The standard InChI is InChI=1S/C18H28N2O/c1-14-7-5-6-10-16(14)13-20-18(21)17(19)12-11-15-8-3-2-4-9-15/h2-4,8-9,14,16-17H,5-7,10-13,19H2,1H3,(H,20,21)/t14?,16?,17-/m0/s1. The van der Waals surface area contributed by atoms with E-state index in [0.29, 0.717) is 12.3 Å². The highest BCUT2D eigenvalue weighted by molar-refractivity contribution is 5.81. The molecule has 0 bridgehead atoms. The van der Waals surface area contributed by atoms with Gasteiger partial charge in [0, 0.05) is 6.54 Å². The van der Waals surface area contributed by atoms with E-state index in [1.54, 1.807) is 0 Å². The van der Waals surface area contributed by atoms with E-state index >= 15 is 0 Å². The minimum absolute atomic E-state index is 0.00343. The first-order valence-corrected chi connectivity index (χ1v) is 8.24. The van der Waals surface area contributed by atoms with Crippen molar-refractivity contribution in [3.63, 3.8) is 0 Å². The van der Waals surface area contributed by atoms with Crippen LogP contribution < -0.4 is 11.1 Å². The maximum Gasteiger partial charge on any atom is 0.236 e. The molecule has 1 aromatic rings. The number of hydrogen-bond donors (Lipinski definition) is 2. The second-order valence-corrected chi connectivity index (χ2v) is 6.40. The predicted molar refractivity (Wildman–Crippen MR) is 86.9 cm³/mol. The molecule has 0 saturated heterocycles. The molecule has 116 valence electrons. The molecule has 3 heteroatoms. The summed E-state index contributed by atoms with van der Waals surface area (Å²) >= 11 is 0. The quantitative estimate of drug-likeness (QED) is 0.845. The molecular weight excluding hydrogens is 260 g/mol. The van der Waals surface area contributed by atoms with Crippen LogP contribution >= 0.6 is 0 Å². The fraction of sp³-hybridized carbons (Fsp3) is 0.611. The molecular formula is C18H28N2O. The van der Waals surface area contributed by atoms with Crippen LogP contribution in [0.1, 0.15) is 44.6 Å². The van der Waals surface area contributed by atoms with E-state index in [1.165, 1.54) is 31.2 Å². The summed E-state index contributed by atoms with van der Waals surface area (Å²) in [7, 11) is 0. The van der Waals surface area contributed by atoms with Gasteiger partial charge < -0.3 is 11.1 Å². The maximum absolute atomic E-state index is 12.1. The zero-order chi connectivity index (χ0) is 15.1. The van der Waals surface area contributed by atoms with Crippen LogP contribution in [0.4, 0.5) is 0 Å². The number of carbonyl (C=O) groups is 1. The molecule has 0 heterocycles. The SMILES string of the molecule is CC1CCCCC1CNC(=O)[C@@H](N)CCc1ccccc1. The number of hydrogen-bond acceptors (Lipinski definition) is 2. The van der Waals surface area contributed by atoms with Gasteiger partial charge in [0.05, 0.1) is 6.04 Å². The third-order valence-corrected chi connectivity index (χ3v) is 4.75. The van der Waals surface area contributed by atoms with Crippen molar-refractivity contribution >= 4 is 5.91 Å². The predicted octanol–water partition coefficient (Wildman–Crippen LogP) is 2.89. The summed E-state index contributed by atoms with van der Waals surface area (Å²) in [5, 5.41) is 3.05. The Balaban J connectivity index is 1.70. The first-order chi connectivity index (χ1) is 10.2. The Bertz CT molecular complexity index is 432. The van der Waals surface area contributed by atoms with Crippen molar-refractivity contribution in [3.05, 3.63) is 35.9 Å². The summed E-state index contributed by atoms with van der Waals surface area (Å²) in [4.78, 5) is 12.1. The largest absolute Gasteiger partial charge is 0.354 e. The highest BCUT2D eigenvalue weighted by Gasteiger charge is 2.22. The second-order valence-electron chi connectivity index (χ2n) is 6.40. The molecule has 0 spiro atoms. The van der Waals surface area contributed by atoms with E-state index in [4.69, 9.17) is 5.73 Å². The first-order valence-electron chi connectivity index (χ1n) is 8.24. The van der Waals surface area contributed by atoms with E-state index in [-0.39, 0.29) is 5.91 Å². The Morgan fingerprint density at radius 2 is 2.00 bits per heavy atom. The Morgan fingerprint density at radius 3 is 2.71 bits per heavy atom. The molecule has 3 N–H and O–H groups in total. The van der Waals surface area contributed by atoms with Crippen LogP contribution in [0.2, 0.25) is 0 Å². The van der Waals surface area contributed by atoms with Crippen molar-refractivity contribution in [2.45, 2.75) is 51.5 Å². The molecule has 1 saturated carbocycles. The summed E-state index contributed by atoms with van der Waals surface area (Å²) in [6.45, 7) is 3.09. The lowest BCUT2D eigenvalue weighted by molar-refractivity contribution is -0.122. The highest BCUT2D eigenvalue weighted by Crippen LogP contribution is 2.28. The average molecular weight is 288 g/mol. The Hall–Kier alpha value is -1.35. The third-order valence-electron chi connectivity index (χ3n) is 4.75. The Labute approximate surface area is 128 Å². The molecule has 0 radical (unpaired) electrons. The Morgan fingerprint density at radius 1 is 1.29 bits per heavy atom. The van der Waals surface area contributed by atoms with Gasteiger partial charge >= 0.3 is 0 Å². The molecule has 0 aliphatic heterocycles. The molecule has 3 nitrogen and oxygen atoms in total. The van der Waals surface area contributed by atoms with E-state index < -0.39 is 6.04 Å². The number of rotatable bonds is 6. The number of nitrogens with one attached hydrogen (secondary N) is 1. The minimum Gasteiger partial charge on any atom is -0.354 e. The molecule has 0 aromatic heterocycles. The van der Waals surface area contributed by atoms with Crippen LogP contribution in [0.15, 0.2) is 30.3 Å². The lowest BCUT2D eigenvalue weighted by Gasteiger charge is -2.29. The van der Waals surface area contributed by atoms with Crippen molar-refractivity contribution in [1.29, 1.82) is 0 Å². The number of benzene rings is 1. The van der Waals surface area contributed by atoms with Gasteiger partial charge in [-0.2, -0.15) is 0 Å². The summed E-state index contributed by atoms with van der Waals surface area (Å²) in [5.74, 6) is 1.35. The molecule has 1 aliphatic carbocycles. The number of amides is 1. The third kappa shape index (κ3) is 5.16. The lowest BCUT2D eigenvalue weighted by Crippen LogP contribution is -2.43. The van der Waals surface area contributed by atoms with Gasteiger partial charge in [0.1, 0.15) is 0 Å². The Kier molecular flexibility index (Phi) is 6.24. The van der Waals surface area contributed by atoms with Gasteiger partial charge in [0.25, 0.3) is 0 Å². The number of aryl methyl sites for hydroxylation is 1. The van der Waals surface area contributed by atoms with Gasteiger partial charge in [0.2, 0.25) is 5.91 Å². The molecule has 2 unspecified atom stereocenters. The average Bonchev–Trinajstić information content (AvgIpc) is 2.52. The fourth-order valence-electron chi connectivity index (χ4n) is 3.16. The van der Waals surface area contributed by atoms with Crippen molar-refractivity contribution in [2.75, 3.05) is 6.54 Å². The highest BCUT2D eigenvalue weighted by atomic mass is 16.2. The van der Waals surface area contributed by atoms with Crippen LogP contribution in [-0.2, 0) is 11.2 Å². The summed E-state index contributed by atoms with van der Waals surface area (Å²) < 4.78 is 0. The zero-order valence-electron chi connectivity index (χ0n) is 13.1. The molecule has 1 fully saturated rings. The van der Waals surface area contributed by atoms with Gasteiger partial charge in [-0.15, -0.1) is 0 Å². The molecule has 1 amide bonds. The van der Waals surface area contributed by atoms with Crippen LogP contribution in [0.25, 0.3) is 0 Å². The first kappa shape index (κ1) is 16.0. The van der Waals surface area contributed by atoms with Crippen molar-refractivity contribution in [1.82, 2.24) is 5.32 Å². The van der Waals surface area contributed by atoms with Crippen molar-refractivity contribution in [2.24, 2.45) is 17.6 Å². The lowest BCUT2D eigenvalue weighted by atomic mass is 9.80. The molecule has 3 atom stereocenters. The zero-order valence-corrected chi connectivity index (χ0v) is 13.1. The monoisotopic (exact) mass is 288 g/mol. The van der Waals surface area contributed by atoms with Gasteiger partial charge in [-0.1, -0.05) is 56.5 Å². The number of nitrogens with two attached hydrogens (primary N) is 1. The van der Waals surface area contributed by atoms with E-state index in [0.717, 1.165) is 18.9 Å². The van der Waals surface area contributed by atoms with Gasteiger partial charge in [-0.05, 0) is 36.7 Å². The fourth-order valence-corrected chi connectivity index (χ4v) is 3.16. The molecule has 1 aliphatic rings. The van der Waals surface area contributed by atoms with Crippen LogP contribution in [0, 0.1) is 11.8 Å². The van der Waals surface area contributed by atoms with Crippen LogP contribution in [0.3, 0.4) is 0 Å². The normalized spacial score (nSPS) is 23.5. The van der Waals surface area contributed by atoms with Crippen LogP contribution in [-0.4, -0.2) is 18.5 Å². The van der Waals surface area contributed by atoms with Crippen molar-refractivity contribution < 1.29 is 4.79 Å². The van der Waals surface area contributed by atoms with Gasteiger partial charge in [-0.25, -0.2) is 0 Å². The maximum atomic E-state index is 12.1. The van der Waals surface area contributed by atoms with Crippen LogP contribution in [0.5, 0.6) is 0 Å². The van der Waals surface area contributed by atoms with E-state index in [1.807, 2.05) is 18.2 Å². The molecule has 1 aromatic carbocycles. The second kappa shape index (κ2) is 8.18. The smallest absolute Gasteiger partial charge is 0.236 e. The van der Waals surface area contributed by atoms with E-state index in [9.17, 15) is 4.79 Å². The molecule has 21 heavy (non-hydrogen) atoms.